The summed E-state index contributed by atoms with van der Waals surface area (Å²) in [6.45, 7) is 2.94. The highest BCUT2D eigenvalue weighted by molar-refractivity contribution is 5.99. The van der Waals surface area contributed by atoms with E-state index in [2.05, 4.69) is 36.2 Å². The summed E-state index contributed by atoms with van der Waals surface area (Å²) < 4.78 is 12.2. The minimum absolute atomic E-state index is 0.0160. The van der Waals surface area contributed by atoms with Crippen molar-refractivity contribution < 1.29 is 23.9 Å². The summed E-state index contributed by atoms with van der Waals surface area (Å²) >= 11 is 0. The average Bonchev–Trinajstić information content (AvgIpc) is 3.31. The number of hydrogen-bond acceptors (Lipinski definition) is 10. The van der Waals surface area contributed by atoms with Crippen LogP contribution < -0.4 is 20.7 Å². The number of aryl methyl sites for hydroxylation is 1. The third kappa shape index (κ3) is 5.79. The number of aromatic nitrogens is 5. The number of nitrogens with one attached hydrogen (secondary N) is 3. The number of para-hydroxylation sites is 1. The van der Waals surface area contributed by atoms with E-state index in [1.165, 1.54) is 20.2 Å². The molecule has 1 aliphatic heterocycles. The molecule has 2 aromatic heterocycles. The molecule has 14 heteroatoms. The van der Waals surface area contributed by atoms with Crippen molar-refractivity contribution in [3.05, 3.63) is 36.3 Å². The van der Waals surface area contributed by atoms with Crippen LogP contribution in [0.1, 0.15) is 23.8 Å². The Hall–Kier alpha value is -4.75. The van der Waals surface area contributed by atoms with Crippen LogP contribution in [-0.2, 0) is 16.6 Å². The van der Waals surface area contributed by atoms with Gasteiger partial charge in [0, 0.05) is 45.6 Å². The van der Waals surface area contributed by atoms with Gasteiger partial charge in [0.05, 0.1) is 30.7 Å². The van der Waals surface area contributed by atoms with Gasteiger partial charge in [-0.25, -0.2) is 9.78 Å². The Morgan fingerprint density at radius 2 is 1.95 bits per heavy atom. The van der Waals surface area contributed by atoms with Crippen LogP contribution in [0.2, 0.25) is 0 Å². The van der Waals surface area contributed by atoms with Gasteiger partial charge in [-0.05, 0) is 19.1 Å². The summed E-state index contributed by atoms with van der Waals surface area (Å²) in [7, 11) is 4.77. The second-order valence-corrected chi connectivity index (χ2v) is 8.55. The van der Waals surface area contributed by atoms with Crippen LogP contribution >= 0.6 is 0 Å². The van der Waals surface area contributed by atoms with E-state index in [0.29, 0.717) is 48.2 Å². The largest absolute Gasteiger partial charge is 0.494 e. The van der Waals surface area contributed by atoms with Gasteiger partial charge in [0.15, 0.2) is 23.1 Å². The zero-order chi connectivity index (χ0) is 27.2. The zero-order valence-electron chi connectivity index (χ0n) is 21.5. The molecule has 3 amide bonds. The molecule has 0 bridgehead atoms. The average molecular weight is 524 g/mol. The molecular weight excluding hydrogens is 494 g/mol. The Balaban J connectivity index is 1.52. The lowest BCUT2D eigenvalue weighted by Crippen LogP contribution is -2.51. The number of carbonyl (C=O) groups excluding carboxylic acids is 3. The molecule has 3 aromatic rings. The van der Waals surface area contributed by atoms with Crippen LogP contribution in [0, 0.1) is 5.92 Å². The molecule has 0 saturated carbocycles. The van der Waals surface area contributed by atoms with Crippen molar-refractivity contribution in [3.8, 4) is 17.1 Å². The minimum Gasteiger partial charge on any atom is -0.494 e. The normalized spacial score (nSPS) is 12.9. The van der Waals surface area contributed by atoms with Gasteiger partial charge < -0.3 is 30.3 Å². The lowest BCUT2D eigenvalue weighted by molar-refractivity contribution is -0.118. The van der Waals surface area contributed by atoms with Crippen molar-refractivity contribution in [2.75, 3.05) is 44.5 Å². The number of rotatable bonds is 9. The van der Waals surface area contributed by atoms with Crippen molar-refractivity contribution in [1.29, 1.82) is 0 Å². The number of likely N-dealkylation sites (tertiary alicyclic amines) is 1. The van der Waals surface area contributed by atoms with Crippen molar-refractivity contribution in [3.63, 3.8) is 0 Å². The monoisotopic (exact) mass is 523 g/mol. The maximum Gasteiger partial charge on any atom is 0.409 e. The van der Waals surface area contributed by atoms with E-state index in [0.717, 1.165) is 0 Å². The maximum atomic E-state index is 12.6. The molecule has 38 heavy (non-hydrogen) atoms. The highest BCUT2D eigenvalue weighted by Gasteiger charge is 2.33. The van der Waals surface area contributed by atoms with Gasteiger partial charge in [0.2, 0.25) is 5.91 Å². The molecule has 4 rings (SSSR count). The second kappa shape index (κ2) is 11.5. The fourth-order valence-corrected chi connectivity index (χ4v) is 3.99. The third-order valence-corrected chi connectivity index (χ3v) is 5.79. The molecule has 0 atom stereocenters. The number of ether oxygens (including phenoxy) is 2. The maximum absolute atomic E-state index is 12.6. The quantitative estimate of drug-likeness (QED) is 0.376. The van der Waals surface area contributed by atoms with Gasteiger partial charge in [0.25, 0.3) is 5.91 Å². The summed E-state index contributed by atoms with van der Waals surface area (Å²) in [5.74, 6) is 0.355. The van der Waals surface area contributed by atoms with Gasteiger partial charge in [0.1, 0.15) is 6.33 Å². The van der Waals surface area contributed by atoms with Crippen LogP contribution in [0.25, 0.3) is 11.4 Å². The Labute approximate surface area is 218 Å². The van der Waals surface area contributed by atoms with Crippen LogP contribution in [0.4, 0.5) is 22.0 Å². The first kappa shape index (κ1) is 26.3. The number of methoxy groups -OCH3 is 1. The smallest absolute Gasteiger partial charge is 0.409 e. The van der Waals surface area contributed by atoms with Crippen molar-refractivity contribution in [1.82, 2.24) is 35.2 Å². The Kier molecular flexibility index (Phi) is 7.99. The molecule has 1 fully saturated rings. The fraction of sp³-hybridized carbons (Fsp3) is 0.375. The fourth-order valence-electron chi connectivity index (χ4n) is 3.99. The van der Waals surface area contributed by atoms with Crippen LogP contribution in [0.3, 0.4) is 0 Å². The Morgan fingerprint density at radius 3 is 2.61 bits per heavy atom. The van der Waals surface area contributed by atoms with Gasteiger partial charge in [-0.3, -0.25) is 14.3 Å². The Morgan fingerprint density at radius 1 is 1.16 bits per heavy atom. The van der Waals surface area contributed by atoms with Gasteiger partial charge in [-0.1, -0.05) is 6.07 Å². The van der Waals surface area contributed by atoms with Crippen LogP contribution in [-0.4, -0.2) is 81.6 Å². The molecule has 1 aliphatic rings. The summed E-state index contributed by atoms with van der Waals surface area (Å²) in [5.41, 5.74) is 1.50. The lowest BCUT2D eigenvalue weighted by Gasteiger charge is -2.37. The second-order valence-electron chi connectivity index (χ2n) is 8.55. The molecule has 0 spiro atoms. The van der Waals surface area contributed by atoms with E-state index >= 15 is 0 Å². The first-order valence-electron chi connectivity index (χ1n) is 11.9. The predicted octanol–water partition coefficient (Wildman–Crippen LogP) is 1.80. The van der Waals surface area contributed by atoms with Crippen molar-refractivity contribution >= 4 is 35.1 Å². The molecule has 0 unspecified atom stereocenters. The SMILES string of the molecule is CCOC(=O)N1CC(CC(=O)Nc2cc(Nc3cccc(-c4ncn(C)n4)c3OC)c(C(=O)NC)nn2)C1. The number of nitrogens with zero attached hydrogens (tertiary/aromatic N) is 6. The molecule has 200 valence electrons. The molecule has 3 N–H and O–H groups in total. The zero-order valence-corrected chi connectivity index (χ0v) is 21.5. The topological polar surface area (TPSA) is 165 Å². The van der Waals surface area contributed by atoms with E-state index in [1.807, 2.05) is 6.07 Å². The summed E-state index contributed by atoms with van der Waals surface area (Å²) in [5, 5.41) is 20.8. The molecular formula is C24H29N9O5. The molecule has 1 aromatic carbocycles. The van der Waals surface area contributed by atoms with Gasteiger partial charge in [-0.15, -0.1) is 10.2 Å². The van der Waals surface area contributed by atoms with Crippen LogP contribution in [0.15, 0.2) is 30.6 Å². The molecule has 14 nitrogen and oxygen atoms in total. The van der Waals surface area contributed by atoms with E-state index in [1.54, 1.807) is 42.0 Å². The van der Waals surface area contributed by atoms with Gasteiger partial charge in [-0.2, -0.15) is 5.10 Å². The first-order valence-corrected chi connectivity index (χ1v) is 11.9. The summed E-state index contributed by atoms with van der Waals surface area (Å²) in [6.07, 6.45) is 1.40. The predicted molar refractivity (Wildman–Crippen MR) is 137 cm³/mol. The summed E-state index contributed by atoms with van der Waals surface area (Å²) in [4.78, 5) is 42.7. The van der Waals surface area contributed by atoms with Gasteiger partial charge >= 0.3 is 6.09 Å². The third-order valence-electron chi connectivity index (χ3n) is 5.79. The molecule has 1 saturated heterocycles. The van der Waals surface area contributed by atoms with E-state index in [-0.39, 0.29) is 35.9 Å². The highest BCUT2D eigenvalue weighted by atomic mass is 16.6. The number of hydrogen-bond donors (Lipinski definition) is 3. The van der Waals surface area contributed by atoms with Crippen molar-refractivity contribution in [2.24, 2.45) is 13.0 Å². The van der Waals surface area contributed by atoms with Crippen LogP contribution in [0.5, 0.6) is 5.75 Å². The van der Waals surface area contributed by atoms with Crippen molar-refractivity contribution in [2.45, 2.75) is 13.3 Å². The lowest BCUT2D eigenvalue weighted by atomic mass is 9.96. The summed E-state index contributed by atoms with van der Waals surface area (Å²) in [6, 6.07) is 6.90. The minimum atomic E-state index is -0.465. The van der Waals surface area contributed by atoms with E-state index in [9.17, 15) is 14.4 Å². The standard InChI is InChI=1S/C24H29N9O5/c1-5-38-24(36)33-11-14(12-33)9-19(34)28-18-10-17(20(30-29-18)23(35)25-2)27-16-8-6-7-15(21(16)37-4)22-26-13-32(3)31-22/h6-8,10,13-14H,5,9,11-12H2,1-4H3,(H,25,35)(H2,27,28,29,34). The van der Waals surface area contributed by atoms with E-state index < -0.39 is 5.91 Å². The number of anilines is 3. The number of benzene rings is 1. The molecule has 0 aliphatic carbocycles. The molecule has 0 radical (unpaired) electrons. The number of carbonyl (C=O) groups is 3. The highest BCUT2D eigenvalue weighted by Crippen LogP contribution is 2.37. The van der Waals surface area contributed by atoms with E-state index in [4.69, 9.17) is 9.47 Å². The Bertz CT molecular complexity index is 1340. The first-order chi connectivity index (χ1) is 18.3. The number of amides is 3. The molecule has 3 heterocycles.